The first kappa shape index (κ1) is 21.7. The van der Waals surface area contributed by atoms with Crippen LogP contribution in [-0.2, 0) is 0 Å². The van der Waals surface area contributed by atoms with Crippen molar-refractivity contribution in [1.82, 2.24) is 0 Å². The predicted molar refractivity (Wildman–Crippen MR) is 91.6 cm³/mol. The lowest BCUT2D eigenvalue weighted by molar-refractivity contribution is -0.0704. The van der Waals surface area contributed by atoms with Gasteiger partial charge in [-0.05, 0) is 47.2 Å². The van der Waals surface area contributed by atoms with E-state index in [1.54, 1.807) is 0 Å². The lowest BCUT2D eigenvalue weighted by Gasteiger charge is -2.16. The third-order valence-electron chi connectivity index (χ3n) is 4.19. The molecule has 0 saturated carbocycles. The number of hydrogen-bond acceptors (Lipinski definition) is 0. The summed E-state index contributed by atoms with van der Waals surface area (Å²) < 4.78 is 102. The molecule has 0 heterocycles. The van der Waals surface area contributed by atoms with Gasteiger partial charge < -0.3 is 0 Å². The second-order valence-corrected chi connectivity index (χ2v) is 6.10. The minimum atomic E-state index is -4.87. The summed E-state index contributed by atoms with van der Waals surface area (Å²) in [5, 5.41) is 0. The van der Waals surface area contributed by atoms with E-state index in [4.69, 9.17) is 0 Å². The Hall–Kier alpha value is -2.64. The van der Waals surface area contributed by atoms with E-state index in [2.05, 4.69) is 0 Å². The Morgan fingerprint density at radius 1 is 0.643 bits per heavy atom. The fourth-order valence-corrected chi connectivity index (χ4v) is 2.84. The first-order chi connectivity index (χ1) is 12.9. The Morgan fingerprint density at radius 3 is 1.18 bits per heavy atom. The molecule has 0 aromatic heterocycles. The van der Waals surface area contributed by atoms with Gasteiger partial charge in [0.2, 0.25) is 0 Å². The zero-order chi connectivity index (χ0) is 21.3. The molecule has 28 heavy (non-hydrogen) atoms. The van der Waals surface area contributed by atoms with Gasteiger partial charge in [0.05, 0.1) is 23.8 Å². The van der Waals surface area contributed by atoms with Crippen LogP contribution < -0.4 is 0 Å². The molecule has 0 bridgehead atoms. The smallest absolute Gasteiger partial charge is 0.215 e. The van der Waals surface area contributed by atoms with Crippen LogP contribution in [0.3, 0.4) is 0 Å². The van der Waals surface area contributed by atoms with Crippen LogP contribution in [0.25, 0.3) is 22.3 Å². The van der Waals surface area contributed by atoms with Gasteiger partial charge in [0.15, 0.2) is 0 Å². The van der Waals surface area contributed by atoms with Gasteiger partial charge in [-0.25, -0.2) is 8.78 Å². The van der Waals surface area contributed by atoms with Crippen molar-refractivity contribution in [2.75, 3.05) is 0 Å². The lowest BCUT2D eigenvalue weighted by atomic mass is 9.91. The number of hydrogen-bond donors (Lipinski definition) is 0. The predicted octanol–water partition coefficient (Wildman–Crippen LogP) is 7.72. The van der Waals surface area contributed by atoms with Gasteiger partial charge in [-0.1, -0.05) is 36.4 Å². The summed E-state index contributed by atoms with van der Waals surface area (Å²) in [4.78, 5) is 0. The van der Waals surface area contributed by atoms with Crippen LogP contribution in [0.15, 0.2) is 49.1 Å². The molecule has 0 aliphatic carbocycles. The molecule has 0 saturated heterocycles. The van der Waals surface area contributed by atoms with Crippen molar-refractivity contribution in [1.29, 1.82) is 0 Å². The molecule has 0 fully saturated rings. The average Bonchev–Trinajstić information content (AvgIpc) is 2.54. The Morgan fingerprint density at radius 2 is 0.964 bits per heavy atom. The Labute approximate surface area is 155 Å². The van der Waals surface area contributed by atoms with E-state index < -0.39 is 36.2 Å². The van der Waals surface area contributed by atoms with E-state index in [0.29, 0.717) is 22.3 Å². The van der Waals surface area contributed by atoms with Crippen molar-refractivity contribution in [3.05, 3.63) is 71.3 Å². The van der Waals surface area contributed by atoms with Crippen LogP contribution >= 0.6 is 0 Å². The molecule has 2 rings (SSSR count). The van der Waals surface area contributed by atoms with Crippen molar-refractivity contribution in [2.45, 2.75) is 26.2 Å². The van der Waals surface area contributed by atoms with Crippen LogP contribution in [0.4, 0.5) is 35.1 Å². The van der Waals surface area contributed by atoms with Crippen LogP contribution in [0.2, 0.25) is 0 Å². The van der Waals surface area contributed by atoms with Gasteiger partial charge in [-0.15, -0.1) is 0 Å². The molecule has 0 atom stereocenters. The molecule has 2 aromatic rings. The van der Waals surface area contributed by atoms with E-state index in [9.17, 15) is 35.1 Å². The minimum absolute atomic E-state index is 0.369. The highest BCUT2D eigenvalue weighted by atomic mass is 19.4. The van der Waals surface area contributed by atoms with E-state index in [1.807, 2.05) is 0 Å². The summed E-state index contributed by atoms with van der Waals surface area (Å²) in [6.07, 6.45) is -10.8. The quantitative estimate of drug-likeness (QED) is 0.458. The maximum Gasteiger partial charge on any atom is 0.419 e. The summed E-state index contributed by atoms with van der Waals surface area (Å²) in [6, 6.07) is 7.11. The molecule has 2 aromatic carbocycles. The normalized spacial score (nSPS) is 13.8. The molecule has 0 nitrogen and oxygen atoms in total. The fourth-order valence-electron chi connectivity index (χ4n) is 2.84. The third kappa shape index (κ3) is 4.43. The lowest BCUT2D eigenvalue weighted by Crippen LogP contribution is -2.11. The van der Waals surface area contributed by atoms with E-state index in [1.165, 1.54) is 26.0 Å². The average molecular weight is 406 g/mol. The number of benzene rings is 2. The molecule has 0 N–H and O–H groups in total. The van der Waals surface area contributed by atoms with Gasteiger partial charge in [-0.3, -0.25) is 0 Å². The maximum absolute atomic E-state index is 12.8. The molecule has 0 unspecified atom stereocenters. The summed E-state index contributed by atoms with van der Waals surface area (Å²) in [5.74, 6) is 0. The highest BCUT2D eigenvalue weighted by Crippen LogP contribution is 2.38. The molecular formula is C20H14F8. The van der Waals surface area contributed by atoms with E-state index in [0.717, 1.165) is 24.3 Å². The maximum atomic E-state index is 12.8. The standard InChI is InChI=1S/C20H14F8/c1-11-7-13(17(9-21)19(23,24)25)3-5-15(11)16-6-4-14(8-12(16)2)18(10-22)20(26,27)28/h3-10H,1-2H3/b17-9-,18-10+. The van der Waals surface area contributed by atoms with Crippen molar-refractivity contribution < 1.29 is 35.1 Å². The second-order valence-electron chi connectivity index (χ2n) is 6.10. The van der Waals surface area contributed by atoms with Gasteiger partial charge in [0, 0.05) is 0 Å². The number of alkyl halides is 6. The summed E-state index contributed by atoms with van der Waals surface area (Å²) in [6.45, 7) is 3.00. The largest absolute Gasteiger partial charge is 0.419 e. The molecule has 0 aliphatic rings. The van der Waals surface area contributed by atoms with Crippen molar-refractivity contribution in [2.24, 2.45) is 0 Å². The second kappa shape index (κ2) is 7.77. The fraction of sp³-hybridized carbons (Fsp3) is 0.200. The number of allylic oxidation sites excluding steroid dienone is 2. The van der Waals surface area contributed by atoms with Crippen LogP contribution in [0.1, 0.15) is 22.3 Å². The highest BCUT2D eigenvalue weighted by molar-refractivity contribution is 5.78. The first-order valence-corrected chi connectivity index (χ1v) is 7.87. The van der Waals surface area contributed by atoms with Crippen LogP contribution in [0, 0.1) is 13.8 Å². The molecular weight excluding hydrogens is 392 g/mol. The molecule has 0 spiro atoms. The highest BCUT2D eigenvalue weighted by Gasteiger charge is 2.36. The topological polar surface area (TPSA) is 0 Å². The number of halogens is 8. The van der Waals surface area contributed by atoms with Crippen LogP contribution in [-0.4, -0.2) is 12.4 Å². The molecule has 8 heteroatoms. The Kier molecular flexibility index (Phi) is 6.01. The van der Waals surface area contributed by atoms with E-state index in [-0.39, 0.29) is 11.1 Å². The Balaban J connectivity index is 2.50. The van der Waals surface area contributed by atoms with E-state index >= 15 is 0 Å². The summed E-state index contributed by atoms with van der Waals surface area (Å²) in [7, 11) is 0. The molecule has 0 aliphatic heterocycles. The number of aryl methyl sites for hydroxylation is 2. The molecule has 0 radical (unpaired) electrons. The van der Waals surface area contributed by atoms with Crippen molar-refractivity contribution in [3.63, 3.8) is 0 Å². The number of rotatable bonds is 3. The van der Waals surface area contributed by atoms with Crippen LogP contribution in [0.5, 0.6) is 0 Å². The van der Waals surface area contributed by atoms with Gasteiger partial charge in [0.25, 0.3) is 0 Å². The third-order valence-corrected chi connectivity index (χ3v) is 4.19. The zero-order valence-electron chi connectivity index (χ0n) is 14.6. The van der Waals surface area contributed by atoms with Gasteiger partial charge in [0.1, 0.15) is 0 Å². The van der Waals surface area contributed by atoms with Gasteiger partial charge >= 0.3 is 12.4 Å². The first-order valence-electron chi connectivity index (χ1n) is 7.87. The summed E-state index contributed by atoms with van der Waals surface area (Å²) >= 11 is 0. The van der Waals surface area contributed by atoms with Gasteiger partial charge in [-0.2, -0.15) is 26.3 Å². The minimum Gasteiger partial charge on any atom is -0.215 e. The Bertz CT molecular complexity index is 853. The molecule has 0 amide bonds. The van der Waals surface area contributed by atoms with Crippen molar-refractivity contribution in [3.8, 4) is 11.1 Å². The monoisotopic (exact) mass is 406 g/mol. The van der Waals surface area contributed by atoms with Crippen molar-refractivity contribution >= 4 is 11.1 Å². The zero-order valence-corrected chi connectivity index (χ0v) is 14.6. The summed E-state index contributed by atoms with van der Waals surface area (Å²) in [5.41, 5.74) is -1.94. The molecule has 150 valence electrons. The SMILES string of the molecule is Cc1cc(/C(=C/F)C(F)(F)F)ccc1-c1ccc(/C(=C\F)C(F)(F)F)cc1C.